The van der Waals surface area contributed by atoms with Gasteiger partial charge in [-0.25, -0.2) is 4.98 Å². The van der Waals surface area contributed by atoms with Crippen LogP contribution in [0.25, 0.3) is 0 Å². The molecule has 0 radical (unpaired) electrons. The van der Waals surface area contributed by atoms with Gasteiger partial charge in [-0.1, -0.05) is 13.3 Å². The van der Waals surface area contributed by atoms with Gasteiger partial charge in [-0.3, -0.25) is 4.98 Å². The monoisotopic (exact) mass is 181 g/mol. The molecule has 0 fully saturated rings. The lowest BCUT2D eigenvalue weighted by Gasteiger charge is -2.06. The van der Waals surface area contributed by atoms with E-state index in [4.69, 9.17) is 10.5 Å². The summed E-state index contributed by atoms with van der Waals surface area (Å²) in [6.07, 6.45) is 5.37. The molecule has 1 aromatic heterocycles. The second kappa shape index (κ2) is 5.48. The second-order valence-electron chi connectivity index (χ2n) is 2.71. The molecule has 0 spiro atoms. The Kier molecular flexibility index (Phi) is 4.18. The van der Waals surface area contributed by atoms with E-state index in [0.29, 0.717) is 19.0 Å². The van der Waals surface area contributed by atoms with Gasteiger partial charge in [0.1, 0.15) is 5.69 Å². The zero-order valence-electron chi connectivity index (χ0n) is 7.86. The maximum atomic E-state index is 5.47. The first-order valence-corrected chi connectivity index (χ1v) is 4.51. The van der Waals surface area contributed by atoms with Crippen LogP contribution in [-0.2, 0) is 6.54 Å². The molecule has 13 heavy (non-hydrogen) atoms. The second-order valence-corrected chi connectivity index (χ2v) is 2.71. The van der Waals surface area contributed by atoms with Gasteiger partial charge in [-0.15, -0.1) is 0 Å². The Morgan fingerprint density at radius 2 is 2.15 bits per heavy atom. The zero-order chi connectivity index (χ0) is 9.52. The Balaban J connectivity index is 2.54. The van der Waals surface area contributed by atoms with Gasteiger partial charge < -0.3 is 10.5 Å². The molecule has 1 aromatic rings. The van der Waals surface area contributed by atoms with E-state index in [1.807, 2.05) is 0 Å². The smallest absolute Gasteiger partial charge is 0.236 e. The van der Waals surface area contributed by atoms with Gasteiger partial charge in [0.25, 0.3) is 0 Å². The minimum Gasteiger partial charge on any atom is -0.476 e. The molecule has 0 saturated heterocycles. The lowest BCUT2D eigenvalue weighted by molar-refractivity contribution is 0.292. The van der Waals surface area contributed by atoms with E-state index in [1.54, 1.807) is 12.4 Å². The molecule has 0 unspecified atom stereocenters. The van der Waals surface area contributed by atoms with Crippen molar-refractivity contribution in [3.05, 3.63) is 18.1 Å². The van der Waals surface area contributed by atoms with Gasteiger partial charge in [-0.05, 0) is 6.42 Å². The largest absolute Gasteiger partial charge is 0.476 e. The third-order valence-corrected chi connectivity index (χ3v) is 1.67. The fourth-order valence-electron chi connectivity index (χ4n) is 0.928. The Labute approximate surface area is 78.1 Å². The zero-order valence-corrected chi connectivity index (χ0v) is 7.86. The topological polar surface area (TPSA) is 61.0 Å². The highest BCUT2D eigenvalue weighted by Crippen LogP contribution is 2.10. The van der Waals surface area contributed by atoms with E-state index in [1.165, 1.54) is 0 Å². The maximum Gasteiger partial charge on any atom is 0.236 e. The molecule has 0 aromatic carbocycles. The lowest BCUT2D eigenvalue weighted by Crippen LogP contribution is -2.07. The van der Waals surface area contributed by atoms with Crippen LogP contribution in [0.3, 0.4) is 0 Å². The van der Waals surface area contributed by atoms with E-state index >= 15 is 0 Å². The number of ether oxygens (including phenoxy) is 1. The number of hydrogen-bond acceptors (Lipinski definition) is 4. The molecule has 0 saturated carbocycles. The third-order valence-electron chi connectivity index (χ3n) is 1.67. The Hall–Kier alpha value is -1.16. The molecule has 0 bridgehead atoms. The number of rotatable bonds is 5. The van der Waals surface area contributed by atoms with E-state index in [9.17, 15) is 0 Å². The number of aromatic nitrogens is 2. The van der Waals surface area contributed by atoms with Crippen molar-refractivity contribution in [3.63, 3.8) is 0 Å². The van der Waals surface area contributed by atoms with Gasteiger partial charge in [0.2, 0.25) is 5.88 Å². The Morgan fingerprint density at radius 3 is 2.85 bits per heavy atom. The van der Waals surface area contributed by atoms with Crippen LogP contribution in [0.4, 0.5) is 0 Å². The quantitative estimate of drug-likeness (QED) is 0.691. The van der Waals surface area contributed by atoms with Crippen molar-refractivity contribution < 1.29 is 4.74 Å². The Morgan fingerprint density at radius 1 is 1.38 bits per heavy atom. The van der Waals surface area contributed by atoms with Crippen molar-refractivity contribution >= 4 is 0 Å². The minimum absolute atomic E-state index is 0.370. The molecule has 0 atom stereocenters. The molecule has 0 aliphatic heterocycles. The van der Waals surface area contributed by atoms with Gasteiger partial charge in [0.15, 0.2) is 0 Å². The van der Waals surface area contributed by atoms with Crippen LogP contribution in [0.1, 0.15) is 25.5 Å². The average molecular weight is 181 g/mol. The standard InChI is InChI=1S/C9H15N3O/c1-2-3-6-13-9-8(7-10)11-4-5-12-9/h4-5H,2-3,6-7,10H2,1H3. The summed E-state index contributed by atoms with van der Waals surface area (Å²) in [5.41, 5.74) is 6.19. The molecule has 1 rings (SSSR count). The van der Waals surface area contributed by atoms with E-state index < -0.39 is 0 Å². The predicted octanol–water partition coefficient (Wildman–Crippen LogP) is 1.11. The number of hydrogen-bond donors (Lipinski definition) is 1. The molecule has 72 valence electrons. The van der Waals surface area contributed by atoms with Crippen LogP contribution in [0.15, 0.2) is 12.4 Å². The Bertz CT molecular complexity index is 252. The highest BCUT2D eigenvalue weighted by molar-refractivity contribution is 5.16. The predicted molar refractivity (Wildman–Crippen MR) is 50.3 cm³/mol. The molecule has 0 aliphatic carbocycles. The molecule has 4 nitrogen and oxygen atoms in total. The van der Waals surface area contributed by atoms with Crippen LogP contribution >= 0.6 is 0 Å². The fraction of sp³-hybridized carbons (Fsp3) is 0.556. The van der Waals surface area contributed by atoms with E-state index in [-0.39, 0.29) is 0 Å². The highest BCUT2D eigenvalue weighted by Gasteiger charge is 2.02. The minimum atomic E-state index is 0.370. The maximum absolute atomic E-state index is 5.47. The third kappa shape index (κ3) is 2.99. The summed E-state index contributed by atoms with van der Waals surface area (Å²) in [4.78, 5) is 8.12. The first-order chi connectivity index (χ1) is 6.38. The van der Waals surface area contributed by atoms with Crippen molar-refractivity contribution in [2.45, 2.75) is 26.3 Å². The van der Waals surface area contributed by atoms with Crippen molar-refractivity contribution in [1.29, 1.82) is 0 Å². The van der Waals surface area contributed by atoms with E-state index in [2.05, 4.69) is 16.9 Å². The summed E-state index contributed by atoms with van der Waals surface area (Å²) < 4.78 is 5.41. The van der Waals surface area contributed by atoms with E-state index in [0.717, 1.165) is 18.5 Å². The van der Waals surface area contributed by atoms with Crippen molar-refractivity contribution in [1.82, 2.24) is 9.97 Å². The van der Waals surface area contributed by atoms with Crippen LogP contribution < -0.4 is 10.5 Å². The van der Waals surface area contributed by atoms with Crippen LogP contribution in [-0.4, -0.2) is 16.6 Å². The highest BCUT2D eigenvalue weighted by atomic mass is 16.5. The van der Waals surface area contributed by atoms with Crippen molar-refractivity contribution in [3.8, 4) is 5.88 Å². The van der Waals surface area contributed by atoms with Crippen molar-refractivity contribution in [2.24, 2.45) is 5.73 Å². The molecular formula is C9H15N3O. The van der Waals surface area contributed by atoms with Crippen molar-refractivity contribution in [2.75, 3.05) is 6.61 Å². The average Bonchev–Trinajstić information content (AvgIpc) is 2.19. The summed E-state index contributed by atoms with van der Waals surface area (Å²) in [7, 11) is 0. The molecular weight excluding hydrogens is 166 g/mol. The summed E-state index contributed by atoms with van der Waals surface area (Å²) in [6, 6.07) is 0. The molecule has 2 N–H and O–H groups in total. The van der Waals surface area contributed by atoms with Gasteiger partial charge in [-0.2, -0.15) is 0 Å². The number of nitrogens with zero attached hydrogens (tertiary/aromatic N) is 2. The first kappa shape index (κ1) is 9.92. The molecule has 4 heteroatoms. The molecule has 0 aliphatic rings. The number of nitrogens with two attached hydrogens (primary N) is 1. The van der Waals surface area contributed by atoms with Crippen LogP contribution in [0.5, 0.6) is 5.88 Å². The van der Waals surface area contributed by atoms with Gasteiger partial charge in [0, 0.05) is 18.9 Å². The van der Waals surface area contributed by atoms with Crippen LogP contribution in [0, 0.1) is 0 Å². The first-order valence-electron chi connectivity index (χ1n) is 4.51. The number of unbranched alkanes of at least 4 members (excludes halogenated alkanes) is 1. The fourth-order valence-corrected chi connectivity index (χ4v) is 0.928. The van der Waals surface area contributed by atoms with Gasteiger partial charge >= 0.3 is 0 Å². The summed E-state index contributed by atoms with van der Waals surface area (Å²) in [5, 5.41) is 0. The van der Waals surface area contributed by atoms with Gasteiger partial charge in [0.05, 0.1) is 6.61 Å². The summed E-state index contributed by atoms with van der Waals surface area (Å²) in [5.74, 6) is 0.568. The lowest BCUT2D eigenvalue weighted by atomic mass is 10.3. The summed E-state index contributed by atoms with van der Waals surface area (Å²) >= 11 is 0. The molecule has 1 heterocycles. The molecule has 0 amide bonds. The normalized spacial score (nSPS) is 10.0. The SMILES string of the molecule is CCCCOc1nccnc1CN. The van der Waals surface area contributed by atoms with Crippen LogP contribution in [0.2, 0.25) is 0 Å². The summed E-state index contributed by atoms with van der Waals surface area (Å²) in [6.45, 7) is 3.17.